The van der Waals surface area contributed by atoms with E-state index >= 15 is 0 Å². The van der Waals surface area contributed by atoms with Crippen LogP contribution in [0.15, 0.2) is 30.3 Å². The van der Waals surface area contributed by atoms with Crippen LogP contribution < -0.4 is 5.32 Å². The van der Waals surface area contributed by atoms with Crippen LogP contribution in [0.1, 0.15) is 50.5 Å². The summed E-state index contributed by atoms with van der Waals surface area (Å²) >= 11 is 0. The maximum absolute atomic E-state index is 11.9. The fourth-order valence-electron chi connectivity index (χ4n) is 3.40. The highest BCUT2D eigenvalue weighted by Gasteiger charge is 2.25. The van der Waals surface area contributed by atoms with Gasteiger partial charge in [0.15, 0.2) is 0 Å². The first kappa shape index (κ1) is 18.3. The van der Waals surface area contributed by atoms with Crippen LogP contribution in [0.4, 0.5) is 4.79 Å². The lowest BCUT2D eigenvalue weighted by atomic mass is 9.84. The van der Waals surface area contributed by atoms with Gasteiger partial charge in [-0.15, -0.1) is 0 Å². The lowest BCUT2D eigenvalue weighted by molar-refractivity contribution is -0.138. The summed E-state index contributed by atoms with van der Waals surface area (Å²) in [5, 5.41) is 11.9. The van der Waals surface area contributed by atoms with Crippen molar-refractivity contribution in [1.29, 1.82) is 0 Å². The molecule has 5 nitrogen and oxygen atoms in total. The van der Waals surface area contributed by atoms with Gasteiger partial charge in [0.2, 0.25) is 0 Å². The van der Waals surface area contributed by atoms with Crippen LogP contribution in [0, 0.1) is 11.8 Å². The van der Waals surface area contributed by atoms with Crippen LogP contribution in [-0.4, -0.2) is 23.7 Å². The Morgan fingerprint density at radius 2 is 1.79 bits per heavy atom. The molecule has 1 saturated carbocycles. The lowest BCUT2D eigenvalue weighted by Crippen LogP contribution is -2.34. The zero-order valence-corrected chi connectivity index (χ0v) is 14.1. The van der Waals surface area contributed by atoms with Gasteiger partial charge in [0, 0.05) is 6.54 Å². The van der Waals surface area contributed by atoms with Crippen LogP contribution in [0.25, 0.3) is 0 Å². The monoisotopic (exact) mass is 333 g/mol. The molecule has 1 atom stereocenters. The Balaban J connectivity index is 1.80. The third-order valence-electron chi connectivity index (χ3n) is 4.72. The number of hydrogen-bond donors (Lipinski definition) is 2. The molecule has 0 aromatic heterocycles. The van der Waals surface area contributed by atoms with E-state index in [2.05, 4.69) is 5.32 Å². The highest BCUT2D eigenvalue weighted by molar-refractivity contribution is 5.68. The molecule has 132 valence electrons. The van der Waals surface area contributed by atoms with Gasteiger partial charge in [-0.3, -0.25) is 4.79 Å². The molecule has 1 amide bonds. The van der Waals surface area contributed by atoms with E-state index in [1.54, 1.807) is 0 Å². The highest BCUT2D eigenvalue weighted by Crippen LogP contribution is 2.30. The van der Waals surface area contributed by atoms with Gasteiger partial charge >= 0.3 is 12.1 Å². The summed E-state index contributed by atoms with van der Waals surface area (Å²) in [6.45, 7) is 0.588. The molecule has 0 heterocycles. The second-order valence-corrected chi connectivity index (χ2v) is 6.55. The van der Waals surface area contributed by atoms with E-state index in [0.717, 1.165) is 31.2 Å². The van der Waals surface area contributed by atoms with Gasteiger partial charge in [-0.2, -0.15) is 0 Å². The van der Waals surface area contributed by atoms with E-state index < -0.39 is 12.1 Å². The topological polar surface area (TPSA) is 75.6 Å². The van der Waals surface area contributed by atoms with Gasteiger partial charge in [0.05, 0.1) is 6.42 Å². The van der Waals surface area contributed by atoms with Gasteiger partial charge in [-0.1, -0.05) is 68.9 Å². The molecule has 2 rings (SSSR count). The van der Waals surface area contributed by atoms with Crippen molar-refractivity contribution in [3.8, 4) is 0 Å². The van der Waals surface area contributed by atoms with E-state index in [9.17, 15) is 9.59 Å². The van der Waals surface area contributed by atoms with Crippen LogP contribution in [0.3, 0.4) is 0 Å². The van der Waals surface area contributed by atoms with E-state index in [1.165, 1.54) is 12.8 Å². The summed E-state index contributed by atoms with van der Waals surface area (Å²) in [4.78, 5) is 23.0. The fraction of sp³-hybridized carbons (Fsp3) is 0.579. The maximum atomic E-state index is 11.9. The smallest absolute Gasteiger partial charge is 0.407 e. The lowest BCUT2D eigenvalue weighted by Gasteiger charge is -2.25. The number of carbonyl (C=O) groups excluding carboxylic acids is 1. The molecule has 24 heavy (non-hydrogen) atoms. The average molecular weight is 333 g/mol. The summed E-state index contributed by atoms with van der Waals surface area (Å²) in [7, 11) is 0. The van der Waals surface area contributed by atoms with E-state index in [4.69, 9.17) is 9.84 Å². The number of rotatable bonds is 7. The number of carboxylic acids is 1. The average Bonchev–Trinajstić information content (AvgIpc) is 2.86. The molecular weight excluding hydrogens is 306 g/mol. The summed E-state index contributed by atoms with van der Waals surface area (Å²) in [5.74, 6) is -0.452. The second kappa shape index (κ2) is 9.96. The van der Waals surface area contributed by atoms with Crippen molar-refractivity contribution >= 4 is 12.1 Å². The largest absolute Gasteiger partial charge is 0.481 e. The molecule has 0 aliphatic heterocycles. The van der Waals surface area contributed by atoms with Crippen molar-refractivity contribution < 1.29 is 19.4 Å². The first-order chi connectivity index (χ1) is 11.6. The number of amides is 1. The van der Waals surface area contributed by atoms with Crippen molar-refractivity contribution in [3.63, 3.8) is 0 Å². The Bertz CT molecular complexity index is 509. The minimum Gasteiger partial charge on any atom is -0.481 e. The molecule has 0 saturated heterocycles. The minimum atomic E-state index is -0.802. The van der Waals surface area contributed by atoms with E-state index in [0.29, 0.717) is 12.5 Å². The second-order valence-electron chi connectivity index (χ2n) is 6.55. The zero-order chi connectivity index (χ0) is 17.2. The van der Waals surface area contributed by atoms with Gasteiger partial charge in [0.1, 0.15) is 6.61 Å². The number of aliphatic carboxylic acids is 1. The molecule has 1 aromatic rings. The predicted molar refractivity (Wildman–Crippen MR) is 91.6 cm³/mol. The van der Waals surface area contributed by atoms with Gasteiger partial charge in [-0.25, -0.2) is 4.79 Å². The van der Waals surface area contributed by atoms with Gasteiger partial charge in [-0.05, 0) is 17.4 Å². The van der Waals surface area contributed by atoms with Crippen molar-refractivity contribution in [2.45, 2.75) is 51.6 Å². The van der Waals surface area contributed by atoms with Crippen molar-refractivity contribution in [1.82, 2.24) is 5.32 Å². The van der Waals surface area contributed by atoms with Crippen LogP contribution >= 0.6 is 0 Å². The number of carboxylic acid groups (broad SMARTS) is 1. The molecule has 0 bridgehead atoms. The standard InChI is InChI=1S/C19H27NO4/c21-18(22)12-17(16-10-6-1-2-7-11-16)13-20-19(23)24-14-15-8-4-3-5-9-15/h3-5,8-9,16-17H,1-2,6-7,10-14H2,(H,20,23)(H,21,22). The Labute approximate surface area is 143 Å². The van der Waals surface area contributed by atoms with Crippen molar-refractivity contribution in [2.75, 3.05) is 6.54 Å². The number of ether oxygens (including phenoxy) is 1. The molecule has 1 aliphatic rings. The van der Waals surface area contributed by atoms with Crippen molar-refractivity contribution in [2.24, 2.45) is 11.8 Å². The molecule has 1 aliphatic carbocycles. The quantitative estimate of drug-likeness (QED) is 0.740. The fourth-order valence-corrected chi connectivity index (χ4v) is 3.40. The molecule has 1 fully saturated rings. The zero-order valence-electron chi connectivity index (χ0n) is 14.1. The summed E-state index contributed by atoms with van der Waals surface area (Å²) in [6, 6.07) is 9.49. The minimum absolute atomic E-state index is 0.0233. The SMILES string of the molecule is O=C(O)CC(CNC(=O)OCc1ccccc1)C1CCCCCC1. The Kier molecular flexibility index (Phi) is 7.59. The summed E-state index contributed by atoms with van der Waals surface area (Å²) in [6.07, 6.45) is 6.48. The Hall–Kier alpha value is -2.04. The third-order valence-corrected chi connectivity index (χ3v) is 4.72. The normalized spacial score (nSPS) is 16.8. The third kappa shape index (κ3) is 6.60. The molecular formula is C19H27NO4. The maximum Gasteiger partial charge on any atom is 0.407 e. The number of alkyl carbamates (subject to hydrolysis) is 1. The number of hydrogen-bond acceptors (Lipinski definition) is 3. The molecule has 0 spiro atoms. The number of nitrogens with one attached hydrogen (secondary N) is 1. The van der Waals surface area contributed by atoms with Crippen LogP contribution in [-0.2, 0) is 16.1 Å². The van der Waals surface area contributed by atoms with E-state index in [1.807, 2.05) is 30.3 Å². The summed E-state index contributed by atoms with van der Waals surface area (Å²) < 4.78 is 5.20. The van der Waals surface area contributed by atoms with Crippen molar-refractivity contribution in [3.05, 3.63) is 35.9 Å². The Morgan fingerprint density at radius 1 is 1.12 bits per heavy atom. The molecule has 2 N–H and O–H groups in total. The first-order valence-electron chi connectivity index (χ1n) is 8.81. The summed E-state index contributed by atoms with van der Waals surface area (Å²) in [5.41, 5.74) is 0.929. The van der Waals surface area contributed by atoms with E-state index in [-0.39, 0.29) is 18.9 Å². The highest BCUT2D eigenvalue weighted by atomic mass is 16.5. The number of benzene rings is 1. The predicted octanol–water partition coefficient (Wildman–Crippen LogP) is 3.97. The molecule has 1 aromatic carbocycles. The van der Waals surface area contributed by atoms with Crippen LogP contribution in [0.2, 0.25) is 0 Å². The number of carbonyl (C=O) groups is 2. The molecule has 0 radical (unpaired) electrons. The van der Waals surface area contributed by atoms with Crippen LogP contribution in [0.5, 0.6) is 0 Å². The van der Waals surface area contributed by atoms with Gasteiger partial charge in [0.25, 0.3) is 0 Å². The molecule has 5 heteroatoms. The molecule has 1 unspecified atom stereocenters. The van der Waals surface area contributed by atoms with Gasteiger partial charge < -0.3 is 15.2 Å². The first-order valence-corrected chi connectivity index (χ1v) is 8.81. The Morgan fingerprint density at radius 3 is 2.42 bits per heavy atom.